The summed E-state index contributed by atoms with van der Waals surface area (Å²) < 4.78 is 1.13. The number of hydrogen-bond donors (Lipinski definition) is 1. The molecule has 4 unspecified atom stereocenters. The molecule has 6 nitrogen and oxygen atoms in total. The van der Waals surface area contributed by atoms with E-state index in [9.17, 15) is 14.4 Å². The van der Waals surface area contributed by atoms with Crippen molar-refractivity contribution in [2.45, 2.75) is 12.8 Å². The molecule has 5 rings (SSSR count). The summed E-state index contributed by atoms with van der Waals surface area (Å²) in [6.45, 7) is 0.262. The average molecular weight is 381 g/mol. The van der Waals surface area contributed by atoms with Gasteiger partial charge in [0.2, 0.25) is 17.7 Å². The van der Waals surface area contributed by atoms with Crippen LogP contribution in [0.4, 0.5) is 0 Å². The molecule has 1 saturated heterocycles. The van der Waals surface area contributed by atoms with E-state index in [4.69, 9.17) is 0 Å². The molecule has 2 heterocycles. The summed E-state index contributed by atoms with van der Waals surface area (Å²) in [4.78, 5) is 43.2. The van der Waals surface area contributed by atoms with Crippen molar-refractivity contribution < 1.29 is 14.4 Å². The van der Waals surface area contributed by atoms with E-state index in [1.165, 1.54) is 0 Å². The minimum absolute atomic E-state index is 0.170. The Labute approximate surface area is 160 Å². The van der Waals surface area contributed by atoms with Crippen LogP contribution < -0.4 is 5.32 Å². The second-order valence-electron chi connectivity index (χ2n) is 7.44. The number of hydrogen-bond acceptors (Lipinski definition) is 5. The quantitative estimate of drug-likeness (QED) is 0.632. The molecule has 2 aliphatic carbocycles. The van der Waals surface area contributed by atoms with Crippen molar-refractivity contribution >= 4 is 39.3 Å². The zero-order valence-electron chi connectivity index (χ0n) is 14.6. The molecule has 2 aromatic rings. The number of likely N-dealkylation sites (tertiary alicyclic amines) is 1. The van der Waals surface area contributed by atoms with Gasteiger partial charge in [0, 0.05) is 13.0 Å². The summed E-state index contributed by atoms with van der Waals surface area (Å²) in [6.07, 6.45) is 5.64. The highest BCUT2D eigenvalue weighted by Gasteiger charge is 2.59. The fraction of sp³-hybridized carbons (Fsp3) is 0.400. The minimum Gasteiger partial charge on any atom is -0.354 e. The van der Waals surface area contributed by atoms with Crippen molar-refractivity contribution in [2.75, 3.05) is 13.1 Å². The Morgan fingerprint density at radius 3 is 2.56 bits per heavy atom. The summed E-state index contributed by atoms with van der Waals surface area (Å²) in [5.41, 5.74) is 0.965. The van der Waals surface area contributed by atoms with E-state index in [0.717, 1.165) is 26.5 Å². The highest BCUT2D eigenvalue weighted by atomic mass is 32.1. The lowest BCUT2D eigenvalue weighted by Crippen LogP contribution is -2.42. The van der Waals surface area contributed by atoms with Crippen LogP contribution in [-0.4, -0.2) is 40.7 Å². The summed E-state index contributed by atoms with van der Waals surface area (Å²) >= 11 is 1.61. The lowest BCUT2D eigenvalue weighted by molar-refractivity contribution is -0.144. The van der Waals surface area contributed by atoms with Gasteiger partial charge in [0.1, 0.15) is 6.54 Å². The van der Waals surface area contributed by atoms with Crippen molar-refractivity contribution in [3.63, 3.8) is 0 Å². The monoisotopic (exact) mass is 381 g/mol. The fourth-order valence-electron chi connectivity index (χ4n) is 4.66. The number of nitrogens with one attached hydrogen (secondary N) is 1. The number of fused-ring (bicyclic) bond motifs is 6. The molecule has 3 amide bonds. The maximum Gasteiger partial charge on any atom is 0.240 e. The molecule has 1 aromatic heterocycles. The molecular formula is C20H19N3O3S. The largest absolute Gasteiger partial charge is 0.354 e. The van der Waals surface area contributed by atoms with Gasteiger partial charge in [-0.05, 0) is 30.4 Å². The van der Waals surface area contributed by atoms with Crippen LogP contribution in [-0.2, 0) is 20.8 Å². The highest BCUT2D eigenvalue weighted by molar-refractivity contribution is 7.18. The third-order valence-corrected chi connectivity index (χ3v) is 6.96. The summed E-state index contributed by atoms with van der Waals surface area (Å²) in [5, 5.41) is 3.77. The molecule has 1 aliphatic heterocycles. The van der Waals surface area contributed by atoms with Gasteiger partial charge >= 0.3 is 0 Å². The van der Waals surface area contributed by atoms with Crippen molar-refractivity contribution in [1.29, 1.82) is 0 Å². The number of thiazole rings is 1. The van der Waals surface area contributed by atoms with Crippen LogP contribution in [0.2, 0.25) is 0 Å². The van der Waals surface area contributed by atoms with Crippen LogP contribution >= 0.6 is 11.3 Å². The van der Waals surface area contributed by atoms with Gasteiger partial charge in [-0.2, -0.15) is 0 Å². The van der Waals surface area contributed by atoms with Crippen LogP contribution in [0.5, 0.6) is 0 Å². The van der Waals surface area contributed by atoms with Crippen LogP contribution in [0.25, 0.3) is 10.2 Å². The van der Waals surface area contributed by atoms with Crippen LogP contribution in [0.15, 0.2) is 36.4 Å². The molecule has 2 bridgehead atoms. The third kappa shape index (κ3) is 2.68. The maximum atomic E-state index is 12.6. The molecule has 1 saturated carbocycles. The van der Waals surface area contributed by atoms with Gasteiger partial charge in [-0.25, -0.2) is 4.98 Å². The number of amides is 3. The third-order valence-electron chi connectivity index (χ3n) is 5.86. The number of carbonyl (C=O) groups is 3. The normalized spacial score (nSPS) is 28.4. The molecular weight excluding hydrogens is 362 g/mol. The topological polar surface area (TPSA) is 79.4 Å². The van der Waals surface area contributed by atoms with E-state index in [2.05, 4.69) is 22.5 Å². The Kier molecular flexibility index (Phi) is 3.86. The number of allylic oxidation sites excluding steroid dienone is 2. The molecule has 138 valence electrons. The number of rotatable bonds is 5. The lowest BCUT2D eigenvalue weighted by Gasteiger charge is -2.16. The number of benzene rings is 1. The van der Waals surface area contributed by atoms with Crippen molar-refractivity contribution in [1.82, 2.24) is 15.2 Å². The number of aromatic nitrogens is 1. The second-order valence-corrected chi connectivity index (χ2v) is 8.55. The second kappa shape index (κ2) is 6.27. The van der Waals surface area contributed by atoms with Gasteiger partial charge in [0.05, 0.1) is 27.1 Å². The molecule has 27 heavy (non-hydrogen) atoms. The summed E-state index contributed by atoms with van der Waals surface area (Å²) in [7, 11) is 0. The van der Waals surface area contributed by atoms with Gasteiger partial charge in [0.25, 0.3) is 0 Å². The number of carbonyl (C=O) groups excluding carboxylic acids is 3. The Morgan fingerprint density at radius 2 is 1.85 bits per heavy atom. The van der Waals surface area contributed by atoms with Crippen molar-refractivity contribution in [3.05, 3.63) is 41.4 Å². The SMILES string of the molecule is O=C(CN1C(=O)C2C3C=CC(C3)C2C1=O)NCCc1nc2ccccc2s1. The molecule has 2 fully saturated rings. The number of para-hydroxylation sites is 1. The fourth-order valence-corrected chi connectivity index (χ4v) is 5.62. The molecule has 1 aromatic carbocycles. The minimum atomic E-state index is -0.293. The summed E-state index contributed by atoms with van der Waals surface area (Å²) in [5.74, 6) is -0.803. The van der Waals surface area contributed by atoms with E-state index in [0.29, 0.717) is 13.0 Å². The smallest absolute Gasteiger partial charge is 0.240 e. The molecule has 3 aliphatic rings. The van der Waals surface area contributed by atoms with E-state index in [1.54, 1.807) is 11.3 Å². The van der Waals surface area contributed by atoms with Crippen LogP contribution in [0.3, 0.4) is 0 Å². The summed E-state index contributed by atoms with van der Waals surface area (Å²) in [6, 6.07) is 7.93. The molecule has 7 heteroatoms. The van der Waals surface area contributed by atoms with Gasteiger partial charge in [-0.15, -0.1) is 11.3 Å². The highest BCUT2D eigenvalue weighted by Crippen LogP contribution is 2.52. The van der Waals surface area contributed by atoms with E-state index < -0.39 is 0 Å². The molecule has 1 N–H and O–H groups in total. The average Bonchev–Trinajstić information content (AvgIpc) is 3.41. The number of nitrogens with zero attached hydrogens (tertiary/aromatic N) is 2. The standard InChI is InChI=1S/C20H19N3O3S/c24-15(21-8-7-16-22-13-3-1-2-4-14(13)27-16)10-23-19(25)17-11-5-6-12(9-11)18(17)20(23)26/h1-6,11-12,17-18H,7-10H2,(H,21,24). The zero-order valence-corrected chi connectivity index (χ0v) is 15.4. The van der Waals surface area contributed by atoms with Gasteiger partial charge in [-0.3, -0.25) is 19.3 Å². The van der Waals surface area contributed by atoms with Crippen LogP contribution in [0, 0.1) is 23.7 Å². The Morgan fingerprint density at radius 1 is 1.15 bits per heavy atom. The Balaban J connectivity index is 1.17. The van der Waals surface area contributed by atoms with Gasteiger partial charge in [0.15, 0.2) is 0 Å². The lowest BCUT2D eigenvalue weighted by atomic mass is 9.85. The van der Waals surface area contributed by atoms with Crippen LogP contribution in [0.1, 0.15) is 11.4 Å². The predicted octanol–water partition coefficient (Wildman–Crippen LogP) is 1.76. The molecule has 0 spiro atoms. The first kappa shape index (κ1) is 16.6. The Hall–Kier alpha value is -2.54. The van der Waals surface area contributed by atoms with Gasteiger partial charge in [-0.1, -0.05) is 24.3 Å². The first-order valence-electron chi connectivity index (χ1n) is 9.26. The van der Waals surface area contributed by atoms with Gasteiger partial charge < -0.3 is 5.32 Å². The zero-order chi connectivity index (χ0) is 18.5. The van der Waals surface area contributed by atoms with E-state index >= 15 is 0 Å². The first-order valence-corrected chi connectivity index (χ1v) is 10.1. The van der Waals surface area contributed by atoms with Crippen molar-refractivity contribution in [2.24, 2.45) is 23.7 Å². The predicted molar refractivity (Wildman–Crippen MR) is 101 cm³/mol. The number of imide groups is 1. The van der Waals surface area contributed by atoms with E-state index in [1.807, 2.05) is 24.3 Å². The van der Waals surface area contributed by atoms with E-state index in [-0.39, 0.29) is 47.9 Å². The maximum absolute atomic E-state index is 12.6. The Bertz CT molecular complexity index is 919. The molecule has 4 atom stereocenters. The first-order chi connectivity index (χ1) is 13.1. The molecule has 0 radical (unpaired) electrons. The van der Waals surface area contributed by atoms with Crippen molar-refractivity contribution in [3.8, 4) is 0 Å².